The number of imide groups is 1. The van der Waals surface area contributed by atoms with Gasteiger partial charge < -0.3 is 14.8 Å². The second-order valence-corrected chi connectivity index (χ2v) is 8.51. The van der Waals surface area contributed by atoms with Crippen LogP contribution in [0.1, 0.15) is 32.8 Å². The van der Waals surface area contributed by atoms with Crippen molar-refractivity contribution in [2.24, 2.45) is 0 Å². The summed E-state index contributed by atoms with van der Waals surface area (Å²) < 4.78 is 51.7. The minimum absolute atomic E-state index is 0.0254. The molecule has 1 N–H and O–H groups in total. The first-order valence-corrected chi connectivity index (χ1v) is 11.6. The maximum atomic E-state index is 13.8. The molecule has 35 heavy (non-hydrogen) atoms. The maximum absolute atomic E-state index is 13.8. The van der Waals surface area contributed by atoms with E-state index in [0.29, 0.717) is 46.4 Å². The number of thioether (sulfide) groups is 1. The van der Waals surface area contributed by atoms with Crippen LogP contribution in [0, 0.1) is 17.5 Å². The molecule has 2 aromatic rings. The summed E-state index contributed by atoms with van der Waals surface area (Å²) in [4.78, 5) is 38.1. The summed E-state index contributed by atoms with van der Waals surface area (Å²) in [7, 11) is 0. The molecule has 0 unspecified atom stereocenters. The number of ether oxygens (including phenoxy) is 2. The van der Waals surface area contributed by atoms with Crippen LogP contribution in [0.4, 0.5) is 23.7 Å². The highest BCUT2D eigenvalue weighted by molar-refractivity contribution is 8.18. The number of nitrogens with one attached hydrogen (secondary N) is 1. The third-order valence-electron chi connectivity index (χ3n) is 4.95. The molecule has 0 saturated carbocycles. The van der Waals surface area contributed by atoms with Gasteiger partial charge in [0, 0.05) is 0 Å². The zero-order valence-electron chi connectivity index (χ0n) is 19.2. The molecule has 0 bridgehead atoms. The van der Waals surface area contributed by atoms with Crippen LogP contribution in [0.25, 0.3) is 6.08 Å². The average molecular weight is 509 g/mol. The number of amides is 3. The number of anilines is 1. The molecule has 0 radical (unpaired) electrons. The van der Waals surface area contributed by atoms with Crippen molar-refractivity contribution in [3.05, 3.63) is 58.3 Å². The summed E-state index contributed by atoms with van der Waals surface area (Å²) in [5.41, 5.74) is -0.0386. The first kappa shape index (κ1) is 26.1. The minimum atomic E-state index is -1.75. The number of halogens is 3. The SMILES string of the molecule is CCOc1cc(/C=C2/SC(=O)N(CC(=O)Nc3ccc(F)c(F)c3F)C2=O)ccc1O[C@@H](C)CC. The van der Waals surface area contributed by atoms with Crippen LogP contribution in [-0.4, -0.2) is 41.2 Å². The summed E-state index contributed by atoms with van der Waals surface area (Å²) in [6.45, 7) is 5.40. The van der Waals surface area contributed by atoms with Gasteiger partial charge in [-0.25, -0.2) is 13.2 Å². The van der Waals surface area contributed by atoms with Gasteiger partial charge in [-0.3, -0.25) is 19.3 Å². The Bertz CT molecular complexity index is 1190. The van der Waals surface area contributed by atoms with Crippen molar-refractivity contribution in [1.82, 2.24) is 4.90 Å². The molecule has 0 aromatic heterocycles. The van der Waals surface area contributed by atoms with Crippen molar-refractivity contribution in [3.63, 3.8) is 0 Å². The molecule has 0 spiro atoms. The van der Waals surface area contributed by atoms with Gasteiger partial charge in [0.25, 0.3) is 11.1 Å². The summed E-state index contributed by atoms with van der Waals surface area (Å²) >= 11 is 0.633. The summed E-state index contributed by atoms with van der Waals surface area (Å²) in [5.74, 6) is -5.39. The molecule has 1 saturated heterocycles. The van der Waals surface area contributed by atoms with Crippen LogP contribution in [0.5, 0.6) is 11.5 Å². The van der Waals surface area contributed by atoms with Crippen LogP contribution in [0.15, 0.2) is 35.2 Å². The van der Waals surface area contributed by atoms with Gasteiger partial charge in [0.2, 0.25) is 5.91 Å². The normalized spacial score (nSPS) is 15.5. The van der Waals surface area contributed by atoms with E-state index in [0.717, 1.165) is 12.5 Å². The van der Waals surface area contributed by atoms with Crippen LogP contribution < -0.4 is 14.8 Å². The molecule has 1 heterocycles. The maximum Gasteiger partial charge on any atom is 0.294 e. The third kappa shape index (κ3) is 6.16. The number of benzene rings is 2. The van der Waals surface area contributed by atoms with E-state index in [9.17, 15) is 27.6 Å². The fourth-order valence-electron chi connectivity index (χ4n) is 3.02. The van der Waals surface area contributed by atoms with Gasteiger partial charge in [-0.05, 0) is 67.9 Å². The predicted octanol–water partition coefficient (Wildman–Crippen LogP) is 5.35. The van der Waals surface area contributed by atoms with E-state index in [1.54, 1.807) is 18.2 Å². The van der Waals surface area contributed by atoms with Crippen LogP contribution in [0.3, 0.4) is 0 Å². The summed E-state index contributed by atoms with van der Waals surface area (Å²) in [5, 5.41) is 1.33. The van der Waals surface area contributed by atoms with Gasteiger partial charge in [-0.2, -0.15) is 0 Å². The van der Waals surface area contributed by atoms with E-state index >= 15 is 0 Å². The number of hydrogen-bond donors (Lipinski definition) is 1. The molecule has 1 aliphatic heterocycles. The Balaban J connectivity index is 1.74. The number of nitrogens with zero attached hydrogens (tertiary/aromatic N) is 1. The lowest BCUT2D eigenvalue weighted by molar-refractivity contribution is -0.127. The van der Waals surface area contributed by atoms with E-state index in [1.165, 1.54) is 6.08 Å². The van der Waals surface area contributed by atoms with Gasteiger partial charge in [-0.15, -0.1) is 0 Å². The summed E-state index contributed by atoms with van der Waals surface area (Å²) in [6.07, 6.45) is 2.26. The molecule has 11 heteroatoms. The first-order chi connectivity index (χ1) is 16.6. The second kappa shape index (κ2) is 11.3. The highest BCUT2D eigenvalue weighted by Gasteiger charge is 2.36. The number of rotatable bonds is 9. The van der Waals surface area contributed by atoms with Gasteiger partial charge >= 0.3 is 0 Å². The molecule has 3 amide bonds. The van der Waals surface area contributed by atoms with Gasteiger partial charge in [0.15, 0.2) is 29.0 Å². The summed E-state index contributed by atoms with van der Waals surface area (Å²) in [6, 6.07) is 6.56. The lowest BCUT2D eigenvalue weighted by atomic mass is 10.1. The smallest absolute Gasteiger partial charge is 0.294 e. The number of carbonyl (C=O) groups is 3. The fourth-order valence-corrected chi connectivity index (χ4v) is 3.86. The Labute approximate surface area is 204 Å². The van der Waals surface area contributed by atoms with E-state index in [-0.39, 0.29) is 11.0 Å². The van der Waals surface area contributed by atoms with Gasteiger partial charge in [0.1, 0.15) is 6.54 Å². The van der Waals surface area contributed by atoms with Crippen molar-refractivity contribution in [2.45, 2.75) is 33.3 Å². The van der Waals surface area contributed by atoms with Crippen molar-refractivity contribution >= 4 is 40.6 Å². The van der Waals surface area contributed by atoms with Crippen LogP contribution in [0.2, 0.25) is 0 Å². The Hall–Kier alpha value is -3.47. The van der Waals surface area contributed by atoms with Gasteiger partial charge in [0.05, 0.1) is 23.3 Å². The molecule has 1 fully saturated rings. The quantitative estimate of drug-likeness (QED) is 0.363. The minimum Gasteiger partial charge on any atom is -0.490 e. The standard InChI is InChI=1S/C24H23F3N2O5S/c1-4-13(3)34-17-9-6-14(10-18(17)33-5-2)11-19-23(31)29(24(32)35-19)12-20(30)28-16-8-7-15(25)21(26)22(16)27/h6-11,13H,4-5,12H2,1-3H3,(H,28,30)/b19-11+/t13-/m0/s1. The Kier molecular flexibility index (Phi) is 8.44. The van der Waals surface area contributed by atoms with E-state index in [2.05, 4.69) is 0 Å². The van der Waals surface area contributed by atoms with Crippen molar-refractivity contribution in [1.29, 1.82) is 0 Å². The van der Waals surface area contributed by atoms with E-state index in [4.69, 9.17) is 9.47 Å². The lowest BCUT2D eigenvalue weighted by Gasteiger charge is -2.16. The van der Waals surface area contributed by atoms with Gasteiger partial charge in [-0.1, -0.05) is 13.0 Å². The van der Waals surface area contributed by atoms with Crippen LogP contribution in [-0.2, 0) is 9.59 Å². The first-order valence-electron chi connectivity index (χ1n) is 10.8. The zero-order chi connectivity index (χ0) is 25.7. The highest BCUT2D eigenvalue weighted by atomic mass is 32.2. The molecule has 0 aliphatic carbocycles. The van der Waals surface area contributed by atoms with Crippen molar-refractivity contribution in [2.75, 3.05) is 18.5 Å². The third-order valence-corrected chi connectivity index (χ3v) is 5.86. The van der Waals surface area contributed by atoms with Crippen LogP contribution >= 0.6 is 11.8 Å². The largest absolute Gasteiger partial charge is 0.490 e. The Morgan fingerprint density at radius 1 is 1.11 bits per heavy atom. The zero-order valence-corrected chi connectivity index (χ0v) is 20.0. The molecule has 186 valence electrons. The predicted molar refractivity (Wildman–Crippen MR) is 126 cm³/mol. The van der Waals surface area contributed by atoms with Crippen molar-refractivity contribution < 1.29 is 37.0 Å². The lowest BCUT2D eigenvalue weighted by Crippen LogP contribution is -2.36. The van der Waals surface area contributed by atoms with E-state index in [1.807, 2.05) is 26.1 Å². The molecule has 3 rings (SSSR count). The van der Waals surface area contributed by atoms with E-state index < -0.39 is 46.7 Å². The molecular weight excluding hydrogens is 485 g/mol. The molecule has 1 aliphatic rings. The topological polar surface area (TPSA) is 84.9 Å². The van der Waals surface area contributed by atoms with Crippen molar-refractivity contribution in [3.8, 4) is 11.5 Å². The molecule has 1 atom stereocenters. The number of carbonyl (C=O) groups excluding carboxylic acids is 3. The fraction of sp³-hybridized carbons (Fsp3) is 0.292. The highest BCUT2D eigenvalue weighted by Crippen LogP contribution is 2.35. The molecule has 2 aromatic carbocycles. The Morgan fingerprint density at radius 3 is 2.54 bits per heavy atom. The Morgan fingerprint density at radius 2 is 1.86 bits per heavy atom. The molecule has 7 nitrogen and oxygen atoms in total. The average Bonchev–Trinajstić information content (AvgIpc) is 3.08. The number of hydrogen-bond acceptors (Lipinski definition) is 6. The molecular formula is C24H23F3N2O5S. The second-order valence-electron chi connectivity index (χ2n) is 7.51. The monoisotopic (exact) mass is 508 g/mol.